The maximum Gasteiger partial charge on any atom is 0.250 e. The molecule has 17 heavy (non-hydrogen) atoms. The molecular formula is C13H20N2O2. The second kappa shape index (κ2) is 5.98. The van der Waals surface area contributed by atoms with E-state index in [4.69, 9.17) is 4.74 Å². The Labute approximate surface area is 102 Å². The number of ether oxygens (including phenoxy) is 1. The van der Waals surface area contributed by atoms with Gasteiger partial charge in [0.05, 0.1) is 6.61 Å². The predicted octanol–water partition coefficient (Wildman–Crippen LogP) is 0.783. The molecule has 1 atom stereocenters. The molecule has 1 unspecified atom stereocenters. The number of aryl methyl sites for hydroxylation is 1. The molecule has 0 saturated carbocycles. The summed E-state index contributed by atoms with van der Waals surface area (Å²) in [7, 11) is 0. The summed E-state index contributed by atoms with van der Waals surface area (Å²) in [5.41, 5.74) is 1.10. The van der Waals surface area contributed by atoms with Crippen molar-refractivity contribution < 1.29 is 4.74 Å². The van der Waals surface area contributed by atoms with Gasteiger partial charge in [-0.3, -0.25) is 4.79 Å². The third-order valence-electron chi connectivity index (χ3n) is 3.14. The zero-order chi connectivity index (χ0) is 12.1. The van der Waals surface area contributed by atoms with E-state index < -0.39 is 0 Å². The number of rotatable bonds is 5. The van der Waals surface area contributed by atoms with Gasteiger partial charge in [0.2, 0.25) is 0 Å². The van der Waals surface area contributed by atoms with Crippen LogP contribution in [0.2, 0.25) is 0 Å². The molecule has 1 fully saturated rings. The van der Waals surface area contributed by atoms with Crippen LogP contribution in [-0.2, 0) is 11.3 Å². The van der Waals surface area contributed by atoms with Crippen molar-refractivity contribution in [3.8, 4) is 0 Å². The number of hydrogen-bond acceptors (Lipinski definition) is 3. The highest BCUT2D eigenvalue weighted by Gasteiger charge is 2.14. The Bertz CT molecular complexity index is 408. The lowest BCUT2D eigenvalue weighted by molar-refractivity contribution is 0.185. The fraction of sp³-hybridized carbons (Fsp3) is 0.615. The van der Waals surface area contributed by atoms with E-state index in [0.717, 1.165) is 44.8 Å². The van der Waals surface area contributed by atoms with Gasteiger partial charge in [-0.25, -0.2) is 0 Å². The molecule has 0 amide bonds. The number of nitrogens with one attached hydrogen (secondary N) is 1. The molecule has 0 bridgehead atoms. The molecule has 1 aromatic rings. The van der Waals surface area contributed by atoms with Crippen molar-refractivity contribution in [3.63, 3.8) is 0 Å². The highest BCUT2D eigenvalue weighted by Crippen LogP contribution is 2.10. The Kier molecular flexibility index (Phi) is 4.34. The third-order valence-corrected chi connectivity index (χ3v) is 3.14. The molecule has 1 N–H and O–H groups in total. The smallest absolute Gasteiger partial charge is 0.250 e. The molecule has 94 valence electrons. The molecular weight excluding hydrogens is 216 g/mol. The normalized spacial score (nSPS) is 19.7. The Balaban J connectivity index is 1.72. The lowest BCUT2D eigenvalue weighted by Crippen LogP contribution is -2.29. The summed E-state index contributed by atoms with van der Waals surface area (Å²) in [4.78, 5) is 11.6. The molecule has 0 aromatic carbocycles. The first-order chi connectivity index (χ1) is 8.25. The molecule has 1 aliphatic heterocycles. The van der Waals surface area contributed by atoms with Crippen LogP contribution in [0.4, 0.5) is 0 Å². The molecule has 4 nitrogen and oxygen atoms in total. The molecule has 2 heterocycles. The first-order valence-electron chi connectivity index (χ1n) is 6.21. The Morgan fingerprint density at radius 3 is 3.18 bits per heavy atom. The second-order valence-corrected chi connectivity index (χ2v) is 4.67. The summed E-state index contributed by atoms with van der Waals surface area (Å²) in [6.45, 7) is 6.25. The molecule has 1 aliphatic rings. The second-order valence-electron chi connectivity index (χ2n) is 4.67. The lowest BCUT2D eigenvalue weighted by Gasteiger charge is -2.10. The molecule has 4 heteroatoms. The van der Waals surface area contributed by atoms with Gasteiger partial charge in [-0.15, -0.1) is 0 Å². The minimum Gasteiger partial charge on any atom is -0.381 e. The van der Waals surface area contributed by atoms with Gasteiger partial charge in [0, 0.05) is 38.5 Å². The van der Waals surface area contributed by atoms with Crippen molar-refractivity contribution in [2.75, 3.05) is 26.3 Å². The van der Waals surface area contributed by atoms with Crippen LogP contribution >= 0.6 is 0 Å². The van der Waals surface area contributed by atoms with E-state index in [1.807, 2.05) is 19.2 Å². The van der Waals surface area contributed by atoms with Crippen molar-refractivity contribution in [2.24, 2.45) is 5.92 Å². The van der Waals surface area contributed by atoms with Crippen LogP contribution in [0.1, 0.15) is 12.0 Å². The summed E-state index contributed by atoms with van der Waals surface area (Å²) in [5.74, 6) is 0.643. The average molecular weight is 236 g/mol. The average Bonchev–Trinajstić information content (AvgIpc) is 2.79. The number of hydrogen-bond donors (Lipinski definition) is 1. The van der Waals surface area contributed by atoms with E-state index in [0.29, 0.717) is 5.92 Å². The van der Waals surface area contributed by atoms with Crippen LogP contribution in [-0.4, -0.2) is 30.9 Å². The van der Waals surface area contributed by atoms with Gasteiger partial charge in [-0.1, -0.05) is 0 Å². The largest absolute Gasteiger partial charge is 0.381 e. The van der Waals surface area contributed by atoms with E-state index in [1.54, 1.807) is 10.6 Å². The van der Waals surface area contributed by atoms with Crippen LogP contribution in [0.3, 0.4) is 0 Å². The van der Waals surface area contributed by atoms with E-state index in [1.165, 1.54) is 0 Å². The fourth-order valence-electron chi connectivity index (χ4n) is 2.04. The van der Waals surface area contributed by atoms with Crippen molar-refractivity contribution in [1.29, 1.82) is 0 Å². The highest BCUT2D eigenvalue weighted by molar-refractivity contribution is 5.07. The molecule has 0 aliphatic carbocycles. The topological polar surface area (TPSA) is 43.3 Å². The maximum absolute atomic E-state index is 11.6. The predicted molar refractivity (Wildman–Crippen MR) is 67.2 cm³/mol. The summed E-state index contributed by atoms with van der Waals surface area (Å²) in [5, 5.41) is 3.38. The van der Waals surface area contributed by atoms with Crippen molar-refractivity contribution in [1.82, 2.24) is 9.88 Å². The van der Waals surface area contributed by atoms with Gasteiger partial charge < -0.3 is 14.6 Å². The highest BCUT2D eigenvalue weighted by atomic mass is 16.5. The molecule has 1 saturated heterocycles. The number of aromatic nitrogens is 1. The zero-order valence-electron chi connectivity index (χ0n) is 10.3. The van der Waals surface area contributed by atoms with Gasteiger partial charge >= 0.3 is 0 Å². The van der Waals surface area contributed by atoms with Crippen LogP contribution < -0.4 is 10.9 Å². The summed E-state index contributed by atoms with van der Waals surface area (Å²) in [6, 6.07) is 3.64. The maximum atomic E-state index is 11.6. The van der Waals surface area contributed by atoms with E-state index in [2.05, 4.69) is 5.32 Å². The van der Waals surface area contributed by atoms with E-state index in [-0.39, 0.29) is 5.56 Å². The van der Waals surface area contributed by atoms with Crippen molar-refractivity contribution in [2.45, 2.75) is 19.9 Å². The lowest BCUT2D eigenvalue weighted by atomic mass is 10.1. The molecule has 0 radical (unpaired) electrons. The Hall–Kier alpha value is -1.13. The van der Waals surface area contributed by atoms with Gasteiger partial charge in [0.25, 0.3) is 5.56 Å². The Morgan fingerprint density at radius 1 is 1.59 bits per heavy atom. The van der Waals surface area contributed by atoms with Gasteiger partial charge in [0.1, 0.15) is 0 Å². The van der Waals surface area contributed by atoms with Gasteiger partial charge in [0.15, 0.2) is 0 Å². The van der Waals surface area contributed by atoms with Crippen LogP contribution in [0, 0.1) is 12.8 Å². The SMILES string of the molecule is Cc1ccn(CCNCC2CCOC2)c(=O)c1. The monoisotopic (exact) mass is 236 g/mol. The minimum absolute atomic E-state index is 0.0796. The standard InChI is InChI=1S/C13H20N2O2/c1-11-2-5-15(13(16)8-11)6-4-14-9-12-3-7-17-10-12/h2,5,8,12,14H,3-4,6-7,9-10H2,1H3. The quantitative estimate of drug-likeness (QED) is 0.768. The number of nitrogens with zero attached hydrogens (tertiary/aromatic N) is 1. The van der Waals surface area contributed by atoms with E-state index >= 15 is 0 Å². The Morgan fingerprint density at radius 2 is 2.47 bits per heavy atom. The zero-order valence-corrected chi connectivity index (χ0v) is 10.3. The first kappa shape index (κ1) is 12.3. The number of pyridine rings is 1. The van der Waals surface area contributed by atoms with Gasteiger partial charge in [-0.2, -0.15) is 0 Å². The summed E-state index contributed by atoms with van der Waals surface area (Å²) in [6.07, 6.45) is 3.01. The summed E-state index contributed by atoms with van der Waals surface area (Å²) >= 11 is 0. The molecule has 0 spiro atoms. The third kappa shape index (κ3) is 3.68. The van der Waals surface area contributed by atoms with Crippen LogP contribution in [0.25, 0.3) is 0 Å². The molecule has 2 rings (SSSR count). The summed E-state index contributed by atoms with van der Waals surface area (Å²) < 4.78 is 7.05. The minimum atomic E-state index is 0.0796. The van der Waals surface area contributed by atoms with Crippen LogP contribution in [0.5, 0.6) is 0 Å². The van der Waals surface area contributed by atoms with Crippen molar-refractivity contribution >= 4 is 0 Å². The van der Waals surface area contributed by atoms with Gasteiger partial charge in [-0.05, 0) is 30.9 Å². The fourth-order valence-corrected chi connectivity index (χ4v) is 2.04. The first-order valence-corrected chi connectivity index (χ1v) is 6.21. The molecule has 1 aromatic heterocycles. The van der Waals surface area contributed by atoms with Crippen molar-refractivity contribution in [3.05, 3.63) is 34.2 Å². The van der Waals surface area contributed by atoms with E-state index in [9.17, 15) is 4.79 Å². The van der Waals surface area contributed by atoms with Crippen LogP contribution in [0.15, 0.2) is 23.1 Å².